The van der Waals surface area contributed by atoms with Crippen molar-refractivity contribution in [2.75, 3.05) is 55.1 Å². The van der Waals surface area contributed by atoms with E-state index in [2.05, 4.69) is 6.92 Å². The van der Waals surface area contributed by atoms with Crippen LogP contribution >= 0.6 is 0 Å². The van der Waals surface area contributed by atoms with Crippen LogP contribution in [0.3, 0.4) is 0 Å². The Morgan fingerprint density at radius 2 is 1.58 bits per heavy atom. The molecule has 148 valence electrons. The second-order valence-electron chi connectivity index (χ2n) is 7.27. The fourth-order valence-electron chi connectivity index (χ4n) is 2.34. The van der Waals surface area contributed by atoms with Crippen LogP contribution in [-0.2, 0) is 4.74 Å². The standard InChI is InChI=1S/C20H34NO5/c1-7-8-9-10-12-25-19-17(23-5)14-16(15-18(19)24-6)20(22)26-13-11-21(2,3)4/h14-15H,7-13H2,1-6H3/q+1. The SMILES string of the molecule is CCCCCCOc1c(OC)cc(C(=O)OCC[N+](C)(C)C)cc1OC. The van der Waals surface area contributed by atoms with Crippen molar-refractivity contribution >= 4 is 5.97 Å². The van der Waals surface area contributed by atoms with E-state index in [0.717, 1.165) is 23.9 Å². The molecule has 6 heteroatoms. The number of ether oxygens (including phenoxy) is 4. The fourth-order valence-corrected chi connectivity index (χ4v) is 2.34. The van der Waals surface area contributed by atoms with Crippen LogP contribution in [0.4, 0.5) is 0 Å². The van der Waals surface area contributed by atoms with Crippen molar-refractivity contribution in [2.24, 2.45) is 0 Å². The fraction of sp³-hybridized carbons (Fsp3) is 0.650. The summed E-state index contributed by atoms with van der Waals surface area (Å²) in [5.74, 6) is 1.07. The highest BCUT2D eigenvalue weighted by atomic mass is 16.5. The molecule has 6 nitrogen and oxygen atoms in total. The first-order valence-corrected chi connectivity index (χ1v) is 9.18. The number of methoxy groups -OCH3 is 2. The van der Waals surface area contributed by atoms with E-state index < -0.39 is 5.97 Å². The maximum Gasteiger partial charge on any atom is 0.338 e. The first kappa shape index (κ1) is 22.1. The van der Waals surface area contributed by atoms with Gasteiger partial charge in [0.25, 0.3) is 0 Å². The Kier molecular flexibility index (Phi) is 9.27. The molecule has 0 heterocycles. The van der Waals surface area contributed by atoms with Crippen LogP contribution in [0.25, 0.3) is 0 Å². The summed E-state index contributed by atoms with van der Waals surface area (Å²) >= 11 is 0. The predicted molar refractivity (Wildman–Crippen MR) is 102 cm³/mol. The van der Waals surface area contributed by atoms with E-state index in [9.17, 15) is 4.79 Å². The van der Waals surface area contributed by atoms with Crippen LogP contribution in [-0.4, -0.2) is 65.6 Å². The zero-order valence-electron chi connectivity index (χ0n) is 17.1. The first-order chi connectivity index (χ1) is 12.3. The zero-order chi connectivity index (χ0) is 19.6. The molecule has 26 heavy (non-hydrogen) atoms. The lowest BCUT2D eigenvalue weighted by atomic mass is 10.1. The first-order valence-electron chi connectivity index (χ1n) is 9.18. The molecule has 0 N–H and O–H groups in total. The van der Waals surface area contributed by atoms with Gasteiger partial charge in [0.15, 0.2) is 11.5 Å². The third kappa shape index (κ3) is 7.52. The predicted octanol–water partition coefficient (Wildman–Crippen LogP) is 3.53. The van der Waals surface area contributed by atoms with Gasteiger partial charge in [-0.2, -0.15) is 0 Å². The Morgan fingerprint density at radius 3 is 2.08 bits per heavy atom. The van der Waals surface area contributed by atoms with Crippen LogP contribution in [0.15, 0.2) is 12.1 Å². The minimum absolute atomic E-state index is 0.350. The molecular formula is C20H34NO5+. The summed E-state index contributed by atoms with van der Waals surface area (Å²) in [6, 6.07) is 3.27. The van der Waals surface area contributed by atoms with Crippen LogP contribution < -0.4 is 14.2 Å². The smallest absolute Gasteiger partial charge is 0.338 e. The molecule has 0 saturated heterocycles. The number of hydrogen-bond acceptors (Lipinski definition) is 5. The van der Waals surface area contributed by atoms with Crippen molar-refractivity contribution in [3.05, 3.63) is 17.7 Å². The van der Waals surface area contributed by atoms with E-state index >= 15 is 0 Å². The Bertz CT molecular complexity index is 541. The van der Waals surface area contributed by atoms with Gasteiger partial charge in [-0.3, -0.25) is 0 Å². The lowest BCUT2D eigenvalue weighted by Crippen LogP contribution is -2.38. The molecule has 0 saturated carbocycles. The monoisotopic (exact) mass is 368 g/mol. The Hall–Kier alpha value is -1.95. The molecule has 0 fully saturated rings. The number of quaternary nitrogens is 1. The second kappa shape index (κ2) is 10.9. The molecule has 1 rings (SSSR count). The summed E-state index contributed by atoms with van der Waals surface area (Å²) in [6.07, 6.45) is 4.46. The van der Waals surface area contributed by atoms with Gasteiger partial charge in [0.05, 0.1) is 47.5 Å². The lowest BCUT2D eigenvalue weighted by Gasteiger charge is -2.23. The molecule has 0 atom stereocenters. The molecule has 0 amide bonds. The number of benzene rings is 1. The largest absolute Gasteiger partial charge is 0.493 e. The highest BCUT2D eigenvalue weighted by Crippen LogP contribution is 2.39. The Labute approximate surface area is 157 Å². The number of rotatable bonds is 12. The molecule has 0 aliphatic carbocycles. The molecule has 0 unspecified atom stereocenters. The maximum atomic E-state index is 12.3. The lowest BCUT2D eigenvalue weighted by molar-refractivity contribution is -0.870. The quantitative estimate of drug-likeness (QED) is 0.321. The van der Waals surface area contributed by atoms with E-state index in [0.29, 0.717) is 36.0 Å². The summed E-state index contributed by atoms with van der Waals surface area (Å²) in [7, 11) is 9.24. The summed E-state index contributed by atoms with van der Waals surface area (Å²) in [5.41, 5.74) is 0.387. The highest BCUT2D eigenvalue weighted by Gasteiger charge is 2.19. The van der Waals surface area contributed by atoms with Gasteiger partial charge in [0.2, 0.25) is 5.75 Å². The summed E-state index contributed by atoms with van der Waals surface area (Å²) in [5, 5.41) is 0. The molecule has 0 aliphatic heterocycles. The van der Waals surface area contributed by atoms with Crippen molar-refractivity contribution in [2.45, 2.75) is 32.6 Å². The molecule has 0 aromatic heterocycles. The van der Waals surface area contributed by atoms with Gasteiger partial charge in [0, 0.05) is 0 Å². The van der Waals surface area contributed by atoms with E-state index in [-0.39, 0.29) is 0 Å². The van der Waals surface area contributed by atoms with Crippen molar-refractivity contribution in [1.82, 2.24) is 0 Å². The van der Waals surface area contributed by atoms with Gasteiger partial charge in [-0.25, -0.2) is 4.79 Å². The summed E-state index contributed by atoms with van der Waals surface area (Å²) < 4.78 is 22.7. The van der Waals surface area contributed by atoms with E-state index in [1.54, 1.807) is 26.4 Å². The average Bonchev–Trinajstić information content (AvgIpc) is 2.59. The molecule has 1 aromatic carbocycles. The topological polar surface area (TPSA) is 54.0 Å². The number of esters is 1. The van der Waals surface area contributed by atoms with Crippen molar-refractivity contribution in [3.8, 4) is 17.2 Å². The van der Waals surface area contributed by atoms with Crippen molar-refractivity contribution in [1.29, 1.82) is 0 Å². The minimum Gasteiger partial charge on any atom is -0.493 e. The van der Waals surface area contributed by atoms with Gasteiger partial charge in [0.1, 0.15) is 13.2 Å². The number of unbranched alkanes of at least 4 members (excludes halogenated alkanes) is 3. The number of likely N-dealkylation sites (N-methyl/N-ethyl adjacent to an activating group) is 1. The zero-order valence-corrected chi connectivity index (χ0v) is 17.1. The van der Waals surface area contributed by atoms with Gasteiger partial charge in [-0.1, -0.05) is 26.2 Å². The molecule has 0 radical (unpaired) electrons. The molecule has 0 aliphatic rings. The van der Waals surface area contributed by atoms with Crippen LogP contribution in [0.2, 0.25) is 0 Å². The third-order valence-electron chi connectivity index (χ3n) is 3.94. The van der Waals surface area contributed by atoms with Crippen LogP contribution in [0.1, 0.15) is 43.0 Å². The number of carbonyl (C=O) groups is 1. The number of nitrogens with zero attached hydrogens (tertiary/aromatic N) is 1. The van der Waals surface area contributed by atoms with E-state index in [1.807, 2.05) is 21.1 Å². The summed E-state index contributed by atoms with van der Waals surface area (Å²) in [6.45, 7) is 3.84. The van der Waals surface area contributed by atoms with Gasteiger partial charge in [-0.15, -0.1) is 0 Å². The van der Waals surface area contributed by atoms with Crippen molar-refractivity contribution < 1.29 is 28.2 Å². The highest BCUT2D eigenvalue weighted by molar-refractivity contribution is 5.91. The third-order valence-corrected chi connectivity index (χ3v) is 3.94. The maximum absolute atomic E-state index is 12.3. The minimum atomic E-state index is -0.399. The molecular weight excluding hydrogens is 334 g/mol. The van der Waals surface area contributed by atoms with Crippen LogP contribution in [0.5, 0.6) is 17.2 Å². The second-order valence-corrected chi connectivity index (χ2v) is 7.27. The average molecular weight is 368 g/mol. The molecule has 1 aromatic rings. The van der Waals surface area contributed by atoms with Gasteiger partial charge in [-0.05, 0) is 18.6 Å². The molecule has 0 bridgehead atoms. The van der Waals surface area contributed by atoms with E-state index in [4.69, 9.17) is 18.9 Å². The number of carbonyl (C=O) groups excluding carboxylic acids is 1. The normalized spacial score (nSPS) is 11.2. The van der Waals surface area contributed by atoms with Gasteiger partial charge >= 0.3 is 5.97 Å². The molecule has 0 spiro atoms. The Morgan fingerprint density at radius 1 is 0.962 bits per heavy atom. The summed E-state index contributed by atoms with van der Waals surface area (Å²) in [4.78, 5) is 12.3. The van der Waals surface area contributed by atoms with Crippen LogP contribution in [0, 0.1) is 0 Å². The number of hydrogen-bond donors (Lipinski definition) is 0. The van der Waals surface area contributed by atoms with Crippen molar-refractivity contribution in [3.63, 3.8) is 0 Å². The van der Waals surface area contributed by atoms with E-state index in [1.165, 1.54) is 12.8 Å². The van der Waals surface area contributed by atoms with Gasteiger partial charge < -0.3 is 23.4 Å². The Balaban J connectivity index is 2.81.